The van der Waals surface area contributed by atoms with Gasteiger partial charge >= 0.3 is 0 Å². The number of hydrogen-bond acceptors (Lipinski definition) is 3. The summed E-state index contributed by atoms with van der Waals surface area (Å²) in [5.41, 5.74) is 3.88. The molecule has 0 atom stereocenters. The van der Waals surface area contributed by atoms with Crippen LogP contribution in [0.4, 0.5) is 0 Å². The number of nitrogens with zero attached hydrogens (tertiary/aromatic N) is 1. The van der Waals surface area contributed by atoms with E-state index in [4.69, 9.17) is 4.98 Å². The number of nitrogens with one attached hydrogen (secondary N) is 1. The maximum Gasteiger partial charge on any atom is 0.124 e. The van der Waals surface area contributed by atoms with Crippen molar-refractivity contribution in [3.8, 4) is 10.6 Å². The van der Waals surface area contributed by atoms with Crippen LogP contribution in [-0.2, 0) is 13.0 Å². The molecule has 0 saturated heterocycles. The minimum absolute atomic E-state index is 0.650. The molecule has 1 aliphatic carbocycles. The molecule has 1 aliphatic rings. The van der Waals surface area contributed by atoms with Gasteiger partial charge in [-0.15, -0.1) is 11.3 Å². The van der Waals surface area contributed by atoms with Crippen molar-refractivity contribution in [2.75, 3.05) is 0 Å². The first-order valence-corrected chi connectivity index (χ1v) is 8.73. The lowest BCUT2D eigenvalue weighted by atomic mass is 10.1. The zero-order valence-electron chi connectivity index (χ0n) is 13.1. The summed E-state index contributed by atoms with van der Waals surface area (Å²) in [4.78, 5) is 6.38. The molecule has 112 valence electrons. The van der Waals surface area contributed by atoms with Crippen molar-refractivity contribution in [1.82, 2.24) is 10.3 Å². The van der Waals surface area contributed by atoms with Crippen molar-refractivity contribution >= 4 is 11.3 Å². The molecular formula is C18H24N2S. The Balaban J connectivity index is 1.88. The van der Waals surface area contributed by atoms with Crippen molar-refractivity contribution < 1.29 is 0 Å². The molecule has 1 fully saturated rings. The molecular weight excluding hydrogens is 276 g/mol. The standard InChI is InChI=1S/C18H24N2S/c1-12(2)10-16-17(11-19-14-8-9-14)21-18(20-16)15-7-5-4-6-13(15)3/h4-7,12,14,19H,8-11H2,1-3H3. The molecule has 0 amide bonds. The fraction of sp³-hybridized carbons (Fsp3) is 0.500. The van der Waals surface area contributed by atoms with E-state index in [-0.39, 0.29) is 0 Å². The Morgan fingerprint density at radius 1 is 1.29 bits per heavy atom. The molecule has 3 rings (SSSR count). The van der Waals surface area contributed by atoms with Gasteiger partial charge in [0.1, 0.15) is 5.01 Å². The molecule has 0 aliphatic heterocycles. The fourth-order valence-corrected chi connectivity index (χ4v) is 3.65. The van der Waals surface area contributed by atoms with Crippen LogP contribution >= 0.6 is 11.3 Å². The van der Waals surface area contributed by atoms with Crippen molar-refractivity contribution in [3.05, 3.63) is 40.4 Å². The van der Waals surface area contributed by atoms with Crippen LogP contribution in [0.15, 0.2) is 24.3 Å². The van der Waals surface area contributed by atoms with E-state index in [1.807, 2.05) is 11.3 Å². The highest BCUT2D eigenvalue weighted by atomic mass is 32.1. The van der Waals surface area contributed by atoms with Crippen molar-refractivity contribution in [2.24, 2.45) is 5.92 Å². The van der Waals surface area contributed by atoms with E-state index in [0.29, 0.717) is 5.92 Å². The molecule has 2 aromatic rings. The summed E-state index contributed by atoms with van der Waals surface area (Å²) < 4.78 is 0. The summed E-state index contributed by atoms with van der Waals surface area (Å²) in [5, 5.41) is 4.81. The maximum absolute atomic E-state index is 4.96. The second-order valence-electron chi connectivity index (χ2n) is 6.46. The summed E-state index contributed by atoms with van der Waals surface area (Å²) in [5.74, 6) is 0.650. The zero-order chi connectivity index (χ0) is 14.8. The Bertz CT molecular complexity index is 611. The Morgan fingerprint density at radius 2 is 2.05 bits per heavy atom. The first-order valence-electron chi connectivity index (χ1n) is 7.91. The van der Waals surface area contributed by atoms with Gasteiger partial charge in [0.15, 0.2) is 0 Å². The van der Waals surface area contributed by atoms with Gasteiger partial charge in [-0.25, -0.2) is 4.98 Å². The highest BCUT2D eigenvalue weighted by Gasteiger charge is 2.22. The quantitative estimate of drug-likeness (QED) is 0.845. The van der Waals surface area contributed by atoms with E-state index < -0.39 is 0 Å². The summed E-state index contributed by atoms with van der Waals surface area (Å²) in [6, 6.07) is 9.30. The van der Waals surface area contributed by atoms with Crippen molar-refractivity contribution in [3.63, 3.8) is 0 Å². The van der Waals surface area contributed by atoms with E-state index >= 15 is 0 Å². The van der Waals surface area contributed by atoms with Gasteiger partial charge in [0.05, 0.1) is 5.69 Å². The third-order valence-electron chi connectivity index (χ3n) is 3.88. The van der Waals surface area contributed by atoms with Crippen LogP contribution < -0.4 is 5.32 Å². The van der Waals surface area contributed by atoms with Crippen LogP contribution in [0.25, 0.3) is 10.6 Å². The largest absolute Gasteiger partial charge is 0.309 e. The second kappa shape index (κ2) is 6.29. The summed E-state index contributed by atoms with van der Waals surface area (Å²) in [6.07, 6.45) is 3.75. The van der Waals surface area contributed by atoms with Gasteiger partial charge in [0.25, 0.3) is 0 Å². The van der Waals surface area contributed by atoms with Gasteiger partial charge < -0.3 is 5.32 Å². The first kappa shape index (κ1) is 14.7. The van der Waals surface area contributed by atoms with Crippen LogP contribution in [0.5, 0.6) is 0 Å². The normalized spacial score (nSPS) is 14.9. The molecule has 1 saturated carbocycles. The van der Waals surface area contributed by atoms with Crippen LogP contribution in [0.2, 0.25) is 0 Å². The van der Waals surface area contributed by atoms with Gasteiger partial charge in [-0.2, -0.15) is 0 Å². The highest BCUT2D eigenvalue weighted by Crippen LogP contribution is 2.32. The first-order chi connectivity index (χ1) is 10.1. The maximum atomic E-state index is 4.96. The lowest BCUT2D eigenvalue weighted by Gasteiger charge is -2.05. The third-order valence-corrected chi connectivity index (χ3v) is 5.01. The lowest BCUT2D eigenvalue weighted by Crippen LogP contribution is -2.15. The smallest absolute Gasteiger partial charge is 0.124 e. The van der Waals surface area contributed by atoms with Gasteiger partial charge in [0, 0.05) is 23.0 Å². The predicted molar refractivity (Wildman–Crippen MR) is 90.7 cm³/mol. The average Bonchev–Trinajstić information content (AvgIpc) is 3.19. The number of aromatic nitrogens is 1. The summed E-state index contributed by atoms with van der Waals surface area (Å²) in [7, 11) is 0. The zero-order valence-corrected chi connectivity index (χ0v) is 14.0. The number of hydrogen-bond donors (Lipinski definition) is 1. The van der Waals surface area contributed by atoms with Crippen LogP contribution in [-0.4, -0.2) is 11.0 Å². The van der Waals surface area contributed by atoms with Crippen molar-refractivity contribution in [1.29, 1.82) is 0 Å². The molecule has 1 aromatic carbocycles. The lowest BCUT2D eigenvalue weighted by molar-refractivity contribution is 0.624. The van der Waals surface area contributed by atoms with E-state index in [1.54, 1.807) is 0 Å². The predicted octanol–water partition coefficient (Wildman–Crippen LogP) is 4.57. The Morgan fingerprint density at radius 3 is 2.71 bits per heavy atom. The van der Waals surface area contributed by atoms with Gasteiger partial charge in [-0.05, 0) is 37.7 Å². The average molecular weight is 300 g/mol. The van der Waals surface area contributed by atoms with E-state index in [1.165, 1.54) is 39.5 Å². The highest BCUT2D eigenvalue weighted by molar-refractivity contribution is 7.15. The molecule has 2 nitrogen and oxygen atoms in total. The Kier molecular flexibility index (Phi) is 4.41. The second-order valence-corrected chi connectivity index (χ2v) is 7.54. The molecule has 0 bridgehead atoms. The molecule has 3 heteroatoms. The van der Waals surface area contributed by atoms with Gasteiger partial charge in [-0.1, -0.05) is 38.1 Å². The molecule has 1 heterocycles. The molecule has 0 spiro atoms. The van der Waals surface area contributed by atoms with Crippen LogP contribution in [0.3, 0.4) is 0 Å². The number of aryl methyl sites for hydroxylation is 1. The van der Waals surface area contributed by atoms with Crippen molar-refractivity contribution in [2.45, 2.75) is 52.6 Å². The van der Waals surface area contributed by atoms with E-state index in [9.17, 15) is 0 Å². The fourth-order valence-electron chi connectivity index (χ4n) is 2.52. The monoisotopic (exact) mass is 300 g/mol. The molecule has 21 heavy (non-hydrogen) atoms. The summed E-state index contributed by atoms with van der Waals surface area (Å²) in [6.45, 7) is 7.69. The SMILES string of the molecule is Cc1ccccc1-c1nc(CC(C)C)c(CNC2CC2)s1. The van der Waals surface area contributed by atoms with Crippen LogP contribution in [0, 0.1) is 12.8 Å². The minimum atomic E-state index is 0.650. The third kappa shape index (κ3) is 3.72. The molecule has 1 aromatic heterocycles. The Hall–Kier alpha value is -1.19. The van der Waals surface area contributed by atoms with E-state index in [0.717, 1.165) is 19.0 Å². The van der Waals surface area contributed by atoms with Crippen LogP contribution in [0.1, 0.15) is 42.8 Å². The molecule has 0 radical (unpaired) electrons. The summed E-state index contributed by atoms with van der Waals surface area (Å²) >= 11 is 1.86. The van der Waals surface area contributed by atoms with Gasteiger partial charge in [0.2, 0.25) is 0 Å². The molecule has 1 N–H and O–H groups in total. The Labute approximate surface area is 131 Å². The number of thiazole rings is 1. The molecule has 0 unspecified atom stereocenters. The van der Waals surface area contributed by atoms with Gasteiger partial charge in [-0.3, -0.25) is 0 Å². The van der Waals surface area contributed by atoms with E-state index in [2.05, 4.69) is 50.4 Å². The topological polar surface area (TPSA) is 24.9 Å². The number of rotatable bonds is 6. The minimum Gasteiger partial charge on any atom is -0.309 e. The number of benzene rings is 1.